The molecule has 2 rings (SSSR count). The lowest BCUT2D eigenvalue weighted by Gasteiger charge is -2.10. The molecule has 1 aromatic carbocycles. The van der Waals surface area contributed by atoms with Crippen molar-refractivity contribution in [2.24, 2.45) is 0 Å². The largest absolute Gasteiger partial charge is 0.321 e. The van der Waals surface area contributed by atoms with Crippen LogP contribution in [0.4, 0.5) is 0 Å². The van der Waals surface area contributed by atoms with Gasteiger partial charge in [0, 0.05) is 25.5 Å². The van der Waals surface area contributed by atoms with Gasteiger partial charge in [-0.05, 0) is 36.3 Å². The second kappa shape index (κ2) is 6.35. The first-order valence-corrected chi connectivity index (χ1v) is 6.93. The molecule has 0 aliphatic heterocycles. The fourth-order valence-electron chi connectivity index (χ4n) is 1.80. The van der Waals surface area contributed by atoms with Crippen LogP contribution in [0.5, 0.6) is 0 Å². The third kappa shape index (κ3) is 3.47. The summed E-state index contributed by atoms with van der Waals surface area (Å²) in [6.45, 7) is 1.90. The summed E-state index contributed by atoms with van der Waals surface area (Å²) in [5.41, 5.74) is 2.42. The highest BCUT2D eigenvalue weighted by molar-refractivity contribution is 6.38. The highest BCUT2D eigenvalue weighted by Gasteiger charge is 2.10. The van der Waals surface area contributed by atoms with E-state index in [-0.39, 0.29) is 0 Å². The lowest BCUT2D eigenvalue weighted by molar-refractivity contribution is -0.153. The van der Waals surface area contributed by atoms with Crippen LogP contribution < -0.4 is 0 Å². The number of carbonyl (C=O) groups is 1. The molecule has 0 unspecified atom stereocenters. The Kier molecular flexibility index (Phi) is 4.73. The minimum absolute atomic E-state index is 0.505. The van der Waals surface area contributed by atoms with Gasteiger partial charge in [-0.3, -0.25) is 10.0 Å². The molecule has 0 aliphatic carbocycles. The number of hydrogen-bond acceptors (Lipinski definition) is 2. The lowest BCUT2D eigenvalue weighted by Crippen LogP contribution is -2.19. The van der Waals surface area contributed by atoms with Crippen LogP contribution in [0.15, 0.2) is 36.7 Å². The molecule has 0 saturated heterocycles. The Bertz CT molecular complexity index is 706. The van der Waals surface area contributed by atoms with Crippen molar-refractivity contribution < 1.29 is 10.0 Å². The van der Waals surface area contributed by atoms with Crippen molar-refractivity contribution in [2.45, 2.75) is 6.92 Å². The molecule has 0 saturated carbocycles. The highest BCUT2D eigenvalue weighted by atomic mass is 35.5. The maximum absolute atomic E-state index is 11.3. The van der Waals surface area contributed by atoms with Gasteiger partial charge in [0.1, 0.15) is 0 Å². The van der Waals surface area contributed by atoms with Gasteiger partial charge in [-0.25, -0.2) is 5.06 Å². The van der Waals surface area contributed by atoms with E-state index in [9.17, 15) is 4.79 Å². The summed E-state index contributed by atoms with van der Waals surface area (Å²) < 4.78 is 1.80. The van der Waals surface area contributed by atoms with Crippen LogP contribution in [0, 0.1) is 6.92 Å². The van der Waals surface area contributed by atoms with E-state index >= 15 is 0 Å². The molecule has 110 valence electrons. The zero-order chi connectivity index (χ0) is 15.6. The molecule has 21 heavy (non-hydrogen) atoms. The van der Waals surface area contributed by atoms with Crippen molar-refractivity contribution in [3.05, 3.63) is 57.8 Å². The summed E-state index contributed by atoms with van der Waals surface area (Å²) in [5.74, 6) is -0.505. The monoisotopic (exact) mass is 324 g/mol. The van der Waals surface area contributed by atoms with Gasteiger partial charge in [-0.1, -0.05) is 29.3 Å². The van der Waals surface area contributed by atoms with Gasteiger partial charge in [-0.15, -0.1) is 0 Å². The zero-order valence-corrected chi connectivity index (χ0v) is 13.1. The number of aromatic nitrogens is 1. The molecular formula is C15H14Cl2N2O2. The third-order valence-electron chi connectivity index (χ3n) is 2.97. The molecule has 1 N–H and O–H groups in total. The second-order valence-corrected chi connectivity index (χ2v) is 5.36. The van der Waals surface area contributed by atoms with Crippen molar-refractivity contribution >= 4 is 35.2 Å². The van der Waals surface area contributed by atoms with E-state index in [0.717, 1.165) is 11.1 Å². The molecule has 6 heteroatoms. The molecule has 0 aliphatic rings. The number of likely N-dealkylation sites (N-methyl/N-ethyl adjacent to an activating group) is 1. The number of aryl methyl sites for hydroxylation is 1. The Balaban J connectivity index is 2.33. The Hall–Kier alpha value is -1.75. The Morgan fingerprint density at radius 3 is 2.71 bits per heavy atom. The smallest absolute Gasteiger partial charge is 0.269 e. The third-order valence-corrected chi connectivity index (χ3v) is 3.75. The average molecular weight is 325 g/mol. The SMILES string of the molecule is Cc1ccc(Cl)c(-n2ccc(/C=C/C(=O)N(C)O)c2)c1Cl. The Morgan fingerprint density at radius 2 is 2.05 bits per heavy atom. The van der Waals surface area contributed by atoms with Crippen LogP contribution in [-0.4, -0.2) is 27.8 Å². The Labute approximate surface area is 132 Å². The molecule has 0 bridgehead atoms. The number of amides is 1. The number of rotatable bonds is 3. The van der Waals surface area contributed by atoms with Crippen molar-refractivity contribution in [1.29, 1.82) is 0 Å². The number of hydrogen-bond donors (Lipinski definition) is 1. The van der Waals surface area contributed by atoms with E-state index in [1.165, 1.54) is 13.1 Å². The molecular weight excluding hydrogens is 311 g/mol. The standard InChI is InChI=1S/C15H14Cl2N2O2/c1-10-3-5-12(16)15(14(10)17)19-8-7-11(9-19)4-6-13(20)18(2)21/h3-9,21H,1-2H3/b6-4+. The number of nitrogens with zero attached hydrogens (tertiary/aromatic N) is 2. The van der Waals surface area contributed by atoms with Gasteiger partial charge >= 0.3 is 0 Å². The molecule has 0 spiro atoms. The molecule has 4 nitrogen and oxygen atoms in total. The number of hydroxylamine groups is 2. The summed E-state index contributed by atoms with van der Waals surface area (Å²) >= 11 is 12.5. The van der Waals surface area contributed by atoms with Crippen molar-refractivity contribution in [2.75, 3.05) is 7.05 Å². The first-order chi connectivity index (χ1) is 9.90. The first-order valence-electron chi connectivity index (χ1n) is 6.17. The van der Waals surface area contributed by atoms with E-state index in [0.29, 0.717) is 20.8 Å². The predicted molar refractivity (Wildman–Crippen MR) is 84.1 cm³/mol. The molecule has 0 atom stereocenters. The fraction of sp³-hybridized carbons (Fsp3) is 0.133. The summed E-state index contributed by atoms with van der Waals surface area (Å²) in [6.07, 6.45) is 6.48. The maximum atomic E-state index is 11.3. The average Bonchev–Trinajstić information content (AvgIpc) is 2.89. The van der Waals surface area contributed by atoms with E-state index in [2.05, 4.69) is 0 Å². The van der Waals surface area contributed by atoms with Crippen LogP contribution in [0.3, 0.4) is 0 Å². The van der Waals surface area contributed by atoms with Gasteiger partial charge in [0.2, 0.25) is 0 Å². The van der Waals surface area contributed by atoms with Crippen LogP contribution in [-0.2, 0) is 4.79 Å². The highest BCUT2D eigenvalue weighted by Crippen LogP contribution is 2.31. The van der Waals surface area contributed by atoms with E-state index in [4.69, 9.17) is 28.4 Å². The van der Waals surface area contributed by atoms with Crippen molar-refractivity contribution in [1.82, 2.24) is 9.63 Å². The van der Waals surface area contributed by atoms with E-state index in [1.807, 2.05) is 19.1 Å². The van der Waals surface area contributed by atoms with Crippen LogP contribution in [0.2, 0.25) is 10.0 Å². The molecule has 1 aromatic heterocycles. The number of benzene rings is 1. The summed E-state index contributed by atoms with van der Waals surface area (Å²) in [6, 6.07) is 5.46. The molecule has 0 fully saturated rings. The van der Waals surface area contributed by atoms with Crippen LogP contribution >= 0.6 is 23.2 Å². The second-order valence-electron chi connectivity index (χ2n) is 4.57. The fourth-order valence-corrected chi connectivity index (χ4v) is 2.37. The Morgan fingerprint density at radius 1 is 1.33 bits per heavy atom. The van der Waals surface area contributed by atoms with Gasteiger partial charge in [0.25, 0.3) is 5.91 Å². The minimum atomic E-state index is -0.505. The van der Waals surface area contributed by atoms with Crippen LogP contribution in [0.1, 0.15) is 11.1 Å². The van der Waals surface area contributed by atoms with Gasteiger partial charge in [0.05, 0.1) is 15.7 Å². The summed E-state index contributed by atoms with van der Waals surface area (Å²) in [5, 5.41) is 10.6. The zero-order valence-electron chi connectivity index (χ0n) is 11.5. The molecule has 0 radical (unpaired) electrons. The predicted octanol–water partition coefficient (Wildman–Crippen LogP) is 3.95. The summed E-state index contributed by atoms with van der Waals surface area (Å²) in [4.78, 5) is 11.3. The molecule has 2 aromatic rings. The van der Waals surface area contributed by atoms with E-state index in [1.54, 1.807) is 29.1 Å². The quantitative estimate of drug-likeness (QED) is 0.527. The van der Waals surface area contributed by atoms with Gasteiger partial charge < -0.3 is 4.57 Å². The molecule has 1 heterocycles. The van der Waals surface area contributed by atoms with Crippen molar-refractivity contribution in [3.63, 3.8) is 0 Å². The van der Waals surface area contributed by atoms with Gasteiger partial charge in [-0.2, -0.15) is 0 Å². The lowest BCUT2D eigenvalue weighted by atomic mass is 10.2. The minimum Gasteiger partial charge on any atom is -0.321 e. The molecule has 1 amide bonds. The topological polar surface area (TPSA) is 45.5 Å². The number of halogens is 2. The number of carbonyl (C=O) groups excluding carboxylic acids is 1. The van der Waals surface area contributed by atoms with E-state index < -0.39 is 5.91 Å². The summed E-state index contributed by atoms with van der Waals surface area (Å²) in [7, 11) is 1.27. The normalized spacial score (nSPS) is 11.1. The van der Waals surface area contributed by atoms with Crippen molar-refractivity contribution in [3.8, 4) is 5.69 Å². The van der Waals surface area contributed by atoms with Gasteiger partial charge in [0.15, 0.2) is 0 Å². The first kappa shape index (κ1) is 15.6. The van der Waals surface area contributed by atoms with Crippen LogP contribution in [0.25, 0.3) is 11.8 Å². The maximum Gasteiger partial charge on any atom is 0.269 e.